The van der Waals surface area contributed by atoms with Crippen LogP contribution in [0.2, 0.25) is 0 Å². The molecule has 3 aliphatic carbocycles. The van der Waals surface area contributed by atoms with Crippen LogP contribution < -0.4 is 5.32 Å². The number of rotatable bonds is 10. The smallest absolute Gasteiger partial charge is 0.338 e. The first-order valence-corrected chi connectivity index (χ1v) is 20.6. The molecule has 16 heteroatoms. The molecule has 2 bridgehead atoms. The second-order valence-electron chi connectivity index (χ2n) is 17.5. The average molecular weight is 870 g/mol. The summed E-state index contributed by atoms with van der Waals surface area (Å²) < 4.78 is 30.2. The van der Waals surface area contributed by atoms with Crippen LogP contribution in [0.1, 0.15) is 86.7 Å². The van der Waals surface area contributed by atoms with Crippen LogP contribution in [-0.2, 0) is 42.9 Å². The number of nitrogens with one attached hydrogen (secondary N) is 1. The van der Waals surface area contributed by atoms with Gasteiger partial charge < -0.3 is 49.4 Å². The Labute approximate surface area is 363 Å². The van der Waals surface area contributed by atoms with Gasteiger partial charge in [0.25, 0.3) is 5.91 Å². The summed E-state index contributed by atoms with van der Waals surface area (Å²) in [5.74, 6) is -7.15. The van der Waals surface area contributed by atoms with E-state index in [9.17, 15) is 44.4 Å². The molecule has 3 fully saturated rings. The van der Waals surface area contributed by atoms with Crippen molar-refractivity contribution in [3.05, 3.63) is 113 Å². The number of carbonyl (C=O) groups excluding carboxylic acids is 6. The summed E-state index contributed by atoms with van der Waals surface area (Å²) in [5.41, 5.74) is -7.35. The zero-order valence-corrected chi connectivity index (χ0v) is 35.6. The van der Waals surface area contributed by atoms with Crippen LogP contribution in [0.15, 0.2) is 96.1 Å². The van der Waals surface area contributed by atoms with Crippen LogP contribution in [0.4, 0.5) is 0 Å². The number of aliphatic hydroxyl groups excluding tert-OH is 2. The second-order valence-corrected chi connectivity index (χ2v) is 17.5. The van der Waals surface area contributed by atoms with E-state index in [0.717, 1.165) is 13.8 Å². The maximum atomic E-state index is 15.5. The summed E-state index contributed by atoms with van der Waals surface area (Å²) in [4.78, 5) is 83.5. The van der Waals surface area contributed by atoms with Gasteiger partial charge in [0.1, 0.15) is 29.7 Å². The Hall–Kier alpha value is -5.94. The van der Waals surface area contributed by atoms with E-state index < -0.39 is 113 Å². The second kappa shape index (κ2) is 16.6. The number of Topliss-reactive ketones (excluding diaryl/α,β-unsaturated/α-hetero) is 1. The molecular weight excluding hydrogens is 819 g/mol. The predicted molar refractivity (Wildman–Crippen MR) is 219 cm³/mol. The van der Waals surface area contributed by atoms with Crippen LogP contribution in [-0.4, -0.2) is 110 Å². The number of hydrogen-bond acceptors (Lipinski definition) is 15. The molecule has 5 N–H and O–H groups in total. The number of hydrogen-bond donors (Lipinski definition) is 5. The van der Waals surface area contributed by atoms with Crippen molar-refractivity contribution in [3.8, 4) is 5.75 Å². The van der Waals surface area contributed by atoms with Crippen molar-refractivity contribution in [3.63, 3.8) is 0 Å². The third-order valence-electron chi connectivity index (χ3n) is 13.6. The summed E-state index contributed by atoms with van der Waals surface area (Å²) in [6.07, 6.45) is -10.7. The van der Waals surface area contributed by atoms with E-state index in [1.807, 2.05) is 0 Å². The van der Waals surface area contributed by atoms with Gasteiger partial charge in [0.05, 0.1) is 35.6 Å². The highest BCUT2D eigenvalue weighted by molar-refractivity contribution is 5.96. The van der Waals surface area contributed by atoms with E-state index in [1.54, 1.807) is 62.4 Å². The number of phenolic OH excluding ortho intramolecular Hbond substituents is 1. The van der Waals surface area contributed by atoms with Crippen LogP contribution in [0.25, 0.3) is 0 Å². The monoisotopic (exact) mass is 869 g/mol. The zero-order valence-electron chi connectivity index (χ0n) is 35.6. The highest BCUT2D eigenvalue weighted by Gasteiger charge is 2.78. The van der Waals surface area contributed by atoms with Crippen molar-refractivity contribution in [2.75, 3.05) is 6.61 Å². The first-order valence-electron chi connectivity index (χ1n) is 20.6. The molecule has 16 nitrogen and oxygen atoms in total. The van der Waals surface area contributed by atoms with E-state index >= 15 is 4.79 Å². The van der Waals surface area contributed by atoms with Gasteiger partial charge in [0.15, 0.2) is 23.6 Å². The molecule has 0 spiro atoms. The highest BCUT2D eigenvalue weighted by atomic mass is 16.6. The topological polar surface area (TPSA) is 242 Å². The van der Waals surface area contributed by atoms with Crippen LogP contribution in [0.5, 0.6) is 5.75 Å². The average Bonchev–Trinajstić information content (AvgIpc) is 3.24. The van der Waals surface area contributed by atoms with Gasteiger partial charge in [-0.3, -0.25) is 19.2 Å². The normalized spacial score (nSPS) is 31.5. The largest absolute Gasteiger partial charge is 0.508 e. The van der Waals surface area contributed by atoms with E-state index in [2.05, 4.69) is 5.32 Å². The van der Waals surface area contributed by atoms with E-state index in [-0.39, 0.29) is 41.1 Å². The van der Waals surface area contributed by atoms with Gasteiger partial charge in [0, 0.05) is 37.7 Å². The summed E-state index contributed by atoms with van der Waals surface area (Å²) in [7, 11) is 0. The molecule has 1 unspecified atom stereocenters. The fourth-order valence-corrected chi connectivity index (χ4v) is 10.2. The Bertz CT molecular complexity index is 2330. The van der Waals surface area contributed by atoms with Crippen molar-refractivity contribution in [1.82, 2.24) is 5.32 Å². The number of phenols is 1. The van der Waals surface area contributed by atoms with E-state index in [1.165, 1.54) is 50.2 Å². The molecule has 7 rings (SSSR count). The summed E-state index contributed by atoms with van der Waals surface area (Å²) in [6, 6.07) is 19.8. The van der Waals surface area contributed by atoms with Gasteiger partial charge in [-0.15, -0.1) is 0 Å². The number of ether oxygens (including phenoxy) is 5. The summed E-state index contributed by atoms with van der Waals surface area (Å²) in [6.45, 7) is 7.88. The van der Waals surface area contributed by atoms with Gasteiger partial charge in [0.2, 0.25) is 0 Å². The lowest BCUT2D eigenvalue weighted by molar-refractivity contribution is -0.346. The molecule has 0 aromatic heterocycles. The number of carbonyl (C=O) groups is 6. The first-order chi connectivity index (χ1) is 29.7. The minimum absolute atomic E-state index is 0.0230. The standard InChI is InChI=1S/C47H51NO15/c1-24-31(61-43(57)36(53)35(27-13-9-7-10-14-27)48-41(55)28-17-19-30(51)20-18-28)22-47(58)40(62-42(56)29-15-11-8-12-16-29)38-45(6,32(52)21-33-46(38,23-59-33)63-26(3)50)39(54)37(60-25(2)49)34(24)44(47,4)5/h7-20,31-33,35-38,40,51-53,58H,21-23H2,1-6H3,(H,48,55)/t31-,32-,33+,35-,36+,37+,38?,40-,45+,46-,47+/m0/s1. The number of fused-ring (bicyclic) bond motifs is 5. The van der Waals surface area contributed by atoms with Gasteiger partial charge in [-0.2, -0.15) is 0 Å². The lowest BCUT2D eigenvalue weighted by Crippen LogP contribution is -2.82. The maximum absolute atomic E-state index is 15.5. The fraction of sp³-hybridized carbons (Fsp3) is 0.447. The van der Waals surface area contributed by atoms with Crippen LogP contribution in [0, 0.1) is 16.7 Å². The van der Waals surface area contributed by atoms with Crippen molar-refractivity contribution in [1.29, 1.82) is 0 Å². The number of benzene rings is 3. The molecule has 3 aromatic rings. The van der Waals surface area contributed by atoms with Crippen molar-refractivity contribution >= 4 is 35.6 Å². The molecule has 334 valence electrons. The Morgan fingerprint density at radius 3 is 2.03 bits per heavy atom. The lowest BCUT2D eigenvalue weighted by Gasteiger charge is -2.67. The molecule has 2 saturated carbocycles. The minimum Gasteiger partial charge on any atom is -0.508 e. The highest BCUT2D eigenvalue weighted by Crippen LogP contribution is 2.64. The third-order valence-corrected chi connectivity index (χ3v) is 13.6. The maximum Gasteiger partial charge on any atom is 0.338 e. The van der Waals surface area contributed by atoms with Gasteiger partial charge in [-0.05, 0) is 67.0 Å². The van der Waals surface area contributed by atoms with Crippen LogP contribution in [0.3, 0.4) is 0 Å². The first kappa shape index (κ1) is 45.1. The Kier molecular flexibility index (Phi) is 11.9. The SMILES string of the molecule is CC(=O)O[C@H]1C(=O)[C@@]2(C)C([C@H](OC(=O)c3ccccc3)[C@]3(O)C[C@H](OC(=O)[C@H](O)[C@@H](NC(=O)c4ccc(O)cc4)c4ccccc4)C(C)=C1C3(C)C)[C@]1(OC(C)=O)CO[C@@H]1C[C@@H]2O. The molecule has 1 aliphatic heterocycles. The van der Waals surface area contributed by atoms with Crippen molar-refractivity contribution in [2.45, 2.75) is 108 Å². The van der Waals surface area contributed by atoms with Gasteiger partial charge >= 0.3 is 23.9 Å². The van der Waals surface area contributed by atoms with E-state index in [0.29, 0.717) is 5.56 Å². The number of ketones is 1. The zero-order chi connectivity index (χ0) is 45.8. The molecular formula is C47H51NO15. The predicted octanol–water partition coefficient (Wildman–Crippen LogP) is 3.44. The minimum atomic E-state index is -2.41. The molecule has 63 heavy (non-hydrogen) atoms. The molecule has 11 atom stereocenters. The number of aliphatic hydroxyl groups is 3. The Balaban J connectivity index is 1.38. The lowest BCUT2D eigenvalue weighted by atomic mass is 9.44. The fourth-order valence-electron chi connectivity index (χ4n) is 10.2. The Morgan fingerprint density at radius 1 is 0.841 bits per heavy atom. The molecule has 1 saturated heterocycles. The van der Waals surface area contributed by atoms with Crippen molar-refractivity contribution in [2.24, 2.45) is 16.7 Å². The number of esters is 4. The van der Waals surface area contributed by atoms with Gasteiger partial charge in [-0.25, -0.2) is 9.59 Å². The molecule has 4 aliphatic rings. The number of amides is 1. The van der Waals surface area contributed by atoms with Gasteiger partial charge in [-0.1, -0.05) is 62.4 Å². The number of aromatic hydroxyl groups is 1. The third kappa shape index (κ3) is 7.58. The summed E-state index contributed by atoms with van der Waals surface area (Å²) in [5, 5.41) is 49.9. The molecule has 1 heterocycles. The van der Waals surface area contributed by atoms with Crippen LogP contribution >= 0.6 is 0 Å². The van der Waals surface area contributed by atoms with Crippen molar-refractivity contribution < 1.29 is 72.9 Å². The molecule has 3 aromatic carbocycles. The molecule has 1 amide bonds. The Morgan fingerprint density at radius 2 is 1.46 bits per heavy atom. The molecule has 0 radical (unpaired) electrons. The van der Waals surface area contributed by atoms with E-state index in [4.69, 9.17) is 23.7 Å². The quantitative estimate of drug-likeness (QED) is 0.111. The summed E-state index contributed by atoms with van der Waals surface area (Å²) >= 11 is 0.